The van der Waals surface area contributed by atoms with E-state index < -0.39 is 0 Å². The van der Waals surface area contributed by atoms with E-state index in [-0.39, 0.29) is 12.4 Å². The Kier molecular flexibility index (Phi) is 7.43. The average molecular weight is 227 g/mol. The standard InChI is InChI=1S/C7H14N2S2.ClH/c1-2-6(8)5-11-7-9-3-4-10-7;/h6H,2-5,8H2,1H3;1H. The molecule has 0 aliphatic carbocycles. The van der Waals surface area contributed by atoms with Crippen molar-refractivity contribution in [3.05, 3.63) is 0 Å². The van der Waals surface area contributed by atoms with Gasteiger partial charge in [0, 0.05) is 17.5 Å². The Hall–Kier alpha value is 0.620. The first-order chi connectivity index (χ1) is 5.33. The van der Waals surface area contributed by atoms with Crippen LogP contribution in [-0.4, -0.2) is 28.5 Å². The molecule has 1 rings (SSSR count). The van der Waals surface area contributed by atoms with Crippen LogP contribution in [0.3, 0.4) is 0 Å². The highest BCUT2D eigenvalue weighted by molar-refractivity contribution is 8.39. The molecule has 2 N–H and O–H groups in total. The molecule has 0 aromatic heterocycles. The fourth-order valence-electron chi connectivity index (χ4n) is 0.699. The first-order valence-corrected chi connectivity index (χ1v) is 5.85. The Bertz CT molecular complexity index is 152. The van der Waals surface area contributed by atoms with Crippen LogP contribution in [0.15, 0.2) is 4.99 Å². The highest BCUT2D eigenvalue weighted by atomic mass is 35.5. The Morgan fingerprint density at radius 1 is 1.75 bits per heavy atom. The molecule has 0 saturated heterocycles. The zero-order chi connectivity index (χ0) is 8.10. The van der Waals surface area contributed by atoms with Gasteiger partial charge >= 0.3 is 0 Å². The van der Waals surface area contributed by atoms with Crippen molar-refractivity contribution in [3.63, 3.8) is 0 Å². The van der Waals surface area contributed by atoms with Crippen LogP contribution in [0.5, 0.6) is 0 Å². The topological polar surface area (TPSA) is 38.4 Å². The van der Waals surface area contributed by atoms with Gasteiger partial charge in [0.15, 0.2) is 0 Å². The molecule has 0 saturated carbocycles. The van der Waals surface area contributed by atoms with Crippen molar-refractivity contribution in [1.29, 1.82) is 0 Å². The molecule has 1 unspecified atom stereocenters. The summed E-state index contributed by atoms with van der Waals surface area (Å²) in [6.45, 7) is 3.11. The van der Waals surface area contributed by atoms with Crippen LogP contribution >= 0.6 is 35.9 Å². The van der Waals surface area contributed by atoms with Gasteiger partial charge in [-0.3, -0.25) is 4.99 Å². The molecule has 1 heterocycles. The van der Waals surface area contributed by atoms with Gasteiger partial charge < -0.3 is 5.73 Å². The van der Waals surface area contributed by atoms with E-state index in [2.05, 4.69) is 11.9 Å². The summed E-state index contributed by atoms with van der Waals surface area (Å²) in [6.07, 6.45) is 1.06. The SMILES string of the molecule is CCC(N)CSC1=NCCS1.Cl. The van der Waals surface area contributed by atoms with Crippen molar-refractivity contribution in [2.24, 2.45) is 10.7 Å². The summed E-state index contributed by atoms with van der Waals surface area (Å²) < 4.78 is 1.23. The summed E-state index contributed by atoms with van der Waals surface area (Å²) in [4.78, 5) is 4.33. The van der Waals surface area contributed by atoms with E-state index in [4.69, 9.17) is 5.73 Å². The number of halogens is 1. The lowest BCUT2D eigenvalue weighted by Gasteiger charge is -2.06. The molecule has 0 bridgehead atoms. The van der Waals surface area contributed by atoms with Crippen molar-refractivity contribution >= 4 is 40.3 Å². The predicted molar refractivity (Wildman–Crippen MR) is 62.7 cm³/mol. The molecule has 1 aliphatic heterocycles. The van der Waals surface area contributed by atoms with Crippen molar-refractivity contribution in [2.45, 2.75) is 19.4 Å². The van der Waals surface area contributed by atoms with Gasteiger partial charge in [0.1, 0.15) is 4.38 Å². The normalized spacial score (nSPS) is 18.3. The quantitative estimate of drug-likeness (QED) is 0.800. The largest absolute Gasteiger partial charge is 0.327 e. The minimum Gasteiger partial charge on any atom is -0.327 e. The van der Waals surface area contributed by atoms with Crippen LogP contribution in [0.1, 0.15) is 13.3 Å². The second-order valence-electron chi connectivity index (χ2n) is 2.48. The first-order valence-electron chi connectivity index (χ1n) is 3.88. The van der Waals surface area contributed by atoms with Gasteiger partial charge in [0.2, 0.25) is 0 Å². The molecular formula is C7H15ClN2S2. The summed E-state index contributed by atoms with van der Waals surface area (Å²) in [7, 11) is 0. The summed E-state index contributed by atoms with van der Waals surface area (Å²) in [5, 5.41) is 0. The Labute approximate surface area is 88.6 Å². The number of hydrogen-bond acceptors (Lipinski definition) is 4. The van der Waals surface area contributed by atoms with Crippen molar-refractivity contribution in [3.8, 4) is 0 Å². The molecule has 72 valence electrons. The van der Waals surface area contributed by atoms with Gasteiger partial charge in [-0.2, -0.15) is 0 Å². The maximum absolute atomic E-state index is 5.77. The summed E-state index contributed by atoms with van der Waals surface area (Å²) >= 11 is 3.66. The van der Waals surface area contributed by atoms with E-state index in [0.29, 0.717) is 6.04 Å². The number of hydrogen-bond donors (Lipinski definition) is 1. The number of nitrogens with zero attached hydrogens (tertiary/aromatic N) is 1. The van der Waals surface area contributed by atoms with Crippen molar-refractivity contribution in [1.82, 2.24) is 0 Å². The third kappa shape index (κ3) is 4.60. The van der Waals surface area contributed by atoms with Crippen molar-refractivity contribution < 1.29 is 0 Å². The lowest BCUT2D eigenvalue weighted by atomic mass is 10.3. The highest BCUT2D eigenvalue weighted by Crippen LogP contribution is 2.22. The smallest absolute Gasteiger partial charge is 0.124 e. The van der Waals surface area contributed by atoms with E-state index in [9.17, 15) is 0 Å². The summed E-state index contributed by atoms with van der Waals surface area (Å²) in [5.41, 5.74) is 5.77. The van der Waals surface area contributed by atoms with E-state index in [0.717, 1.165) is 24.5 Å². The second kappa shape index (κ2) is 7.06. The lowest BCUT2D eigenvalue weighted by molar-refractivity contribution is 0.726. The molecule has 5 heteroatoms. The number of rotatable bonds is 3. The predicted octanol–water partition coefficient (Wildman–Crippen LogP) is 1.98. The summed E-state index contributed by atoms with van der Waals surface area (Å²) in [5.74, 6) is 2.17. The number of aliphatic imine (C=N–C) groups is 1. The lowest BCUT2D eigenvalue weighted by Crippen LogP contribution is -2.21. The number of nitrogens with two attached hydrogens (primary N) is 1. The maximum Gasteiger partial charge on any atom is 0.124 e. The van der Waals surface area contributed by atoms with Crippen LogP contribution in [0.4, 0.5) is 0 Å². The monoisotopic (exact) mass is 226 g/mol. The second-order valence-corrected chi connectivity index (χ2v) is 4.83. The molecule has 0 spiro atoms. The molecule has 0 fully saturated rings. The molecule has 0 radical (unpaired) electrons. The van der Waals surface area contributed by atoms with Crippen LogP contribution in [0, 0.1) is 0 Å². The Morgan fingerprint density at radius 3 is 3.00 bits per heavy atom. The fourth-order valence-corrected chi connectivity index (χ4v) is 2.80. The summed E-state index contributed by atoms with van der Waals surface area (Å²) in [6, 6.07) is 0.337. The molecule has 0 aromatic rings. The van der Waals surface area contributed by atoms with E-state index in [1.54, 1.807) is 11.8 Å². The fraction of sp³-hybridized carbons (Fsp3) is 0.857. The Balaban J connectivity index is 0.00000121. The zero-order valence-corrected chi connectivity index (χ0v) is 9.60. The van der Waals surface area contributed by atoms with E-state index in [1.165, 1.54) is 4.38 Å². The maximum atomic E-state index is 5.77. The van der Waals surface area contributed by atoms with E-state index in [1.807, 2.05) is 11.8 Å². The minimum atomic E-state index is 0. The van der Waals surface area contributed by atoms with Gasteiger partial charge in [0.05, 0.1) is 6.54 Å². The third-order valence-electron chi connectivity index (χ3n) is 1.50. The van der Waals surface area contributed by atoms with Crippen LogP contribution in [-0.2, 0) is 0 Å². The van der Waals surface area contributed by atoms with Crippen LogP contribution in [0.25, 0.3) is 0 Å². The van der Waals surface area contributed by atoms with Gasteiger partial charge in [-0.25, -0.2) is 0 Å². The Morgan fingerprint density at radius 2 is 2.50 bits per heavy atom. The van der Waals surface area contributed by atoms with Crippen LogP contribution < -0.4 is 5.73 Å². The van der Waals surface area contributed by atoms with Gasteiger partial charge in [0.25, 0.3) is 0 Å². The first kappa shape index (κ1) is 12.6. The van der Waals surface area contributed by atoms with Crippen molar-refractivity contribution in [2.75, 3.05) is 18.1 Å². The van der Waals surface area contributed by atoms with Gasteiger partial charge in [-0.15, -0.1) is 12.4 Å². The van der Waals surface area contributed by atoms with E-state index >= 15 is 0 Å². The minimum absolute atomic E-state index is 0. The average Bonchev–Trinajstić information content (AvgIpc) is 2.52. The number of thioether (sulfide) groups is 2. The third-order valence-corrected chi connectivity index (χ3v) is 3.94. The molecular weight excluding hydrogens is 212 g/mol. The molecule has 12 heavy (non-hydrogen) atoms. The highest BCUT2D eigenvalue weighted by Gasteiger charge is 2.08. The van der Waals surface area contributed by atoms with Gasteiger partial charge in [-0.1, -0.05) is 30.4 Å². The van der Waals surface area contributed by atoms with Crippen LogP contribution in [0.2, 0.25) is 0 Å². The molecule has 0 amide bonds. The molecule has 1 atom stereocenters. The molecule has 1 aliphatic rings. The molecule has 2 nitrogen and oxygen atoms in total. The zero-order valence-electron chi connectivity index (χ0n) is 7.16. The molecule has 0 aromatic carbocycles. The van der Waals surface area contributed by atoms with Gasteiger partial charge in [-0.05, 0) is 6.42 Å².